The molecule has 4 nitrogen and oxygen atoms in total. The predicted molar refractivity (Wildman–Crippen MR) is 76.4 cm³/mol. The zero-order valence-electron chi connectivity index (χ0n) is 10.3. The van der Waals surface area contributed by atoms with Crippen molar-refractivity contribution >= 4 is 40.2 Å². The number of rotatable bonds is 2. The van der Waals surface area contributed by atoms with Gasteiger partial charge in [0.25, 0.3) is 0 Å². The molecule has 1 fully saturated rings. The number of esters is 1. The second kappa shape index (κ2) is 5.26. The van der Waals surface area contributed by atoms with Gasteiger partial charge in [0.05, 0.1) is 18.7 Å². The maximum Gasteiger partial charge on any atom is 0.311 e. The summed E-state index contributed by atoms with van der Waals surface area (Å²) in [5.74, 6) is -0.679. The zero-order chi connectivity index (χ0) is 13.3. The normalized spacial score (nSPS) is 19.2. The third kappa shape index (κ3) is 2.36. The number of aryl methyl sites for hydroxylation is 1. The van der Waals surface area contributed by atoms with Gasteiger partial charge in [0.15, 0.2) is 0 Å². The van der Waals surface area contributed by atoms with Crippen LogP contribution < -0.4 is 4.90 Å². The molecule has 0 bridgehead atoms. The molecule has 5 heteroatoms. The van der Waals surface area contributed by atoms with E-state index in [0.717, 1.165) is 14.8 Å². The molecule has 2 rings (SSSR count). The van der Waals surface area contributed by atoms with Crippen LogP contribution in [0.25, 0.3) is 0 Å². The van der Waals surface area contributed by atoms with E-state index in [1.807, 2.05) is 25.1 Å². The highest BCUT2D eigenvalue weighted by atomic mass is 127. The van der Waals surface area contributed by atoms with Crippen LogP contribution in [0.4, 0.5) is 5.69 Å². The third-order valence-corrected chi connectivity index (χ3v) is 4.53. The lowest BCUT2D eigenvalue weighted by atomic mass is 10.1. The van der Waals surface area contributed by atoms with Gasteiger partial charge in [-0.05, 0) is 41.1 Å². The number of halogens is 1. The zero-order valence-corrected chi connectivity index (χ0v) is 12.4. The van der Waals surface area contributed by atoms with Crippen LogP contribution in [0, 0.1) is 16.4 Å². The first-order valence-corrected chi connectivity index (χ1v) is 6.75. The van der Waals surface area contributed by atoms with Crippen molar-refractivity contribution in [1.29, 1.82) is 0 Å². The summed E-state index contributed by atoms with van der Waals surface area (Å²) in [5, 5.41) is 0. The number of amides is 1. The minimum absolute atomic E-state index is 0.0195. The smallest absolute Gasteiger partial charge is 0.311 e. The first kappa shape index (κ1) is 13.3. The largest absolute Gasteiger partial charge is 0.469 e. The first-order valence-electron chi connectivity index (χ1n) is 5.68. The summed E-state index contributed by atoms with van der Waals surface area (Å²) in [5.41, 5.74) is 2.01. The van der Waals surface area contributed by atoms with E-state index < -0.39 is 0 Å². The summed E-state index contributed by atoms with van der Waals surface area (Å²) >= 11 is 2.23. The Morgan fingerprint density at radius 1 is 1.50 bits per heavy atom. The Hall–Kier alpha value is -1.11. The van der Waals surface area contributed by atoms with Gasteiger partial charge in [0, 0.05) is 16.5 Å². The van der Waals surface area contributed by atoms with Crippen molar-refractivity contribution in [1.82, 2.24) is 0 Å². The number of ether oxygens (including phenoxy) is 1. The van der Waals surface area contributed by atoms with E-state index in [2.05, 4.69) is 22.6 Å². The molecule has 1 amide bonds. The number of nitrogens with zero attached hydrogens (tertiary/aromatic N) is 1. The molecule has 1 saturated heterocycles. The Kier molecular flexibility index (Phi) is 3.89. The highest BCUT2D eigenvalue weighted by Gasteiger charge is 2.36. The fourth-order valence-corrected chi connectivity index (χ4v) is 2.76. The second-order valence-corrected chi connectivity index (χ2v) is 5.42. The van der Waals surface area contributed by atoms with E-state index in [1.54, 1.807) is 4.90 Å². The summed E-state index contributed by atoms with van der Waals surface area (Å²) in [4.78, 5) is 25.1. The maximum absolute atomic E-state index is 12.0. The van der Waals surface area contributed by atoms with Crippen LogP contribution in [-0.2, 0) is 14.3 Å². The van der Waals surface area contributed by atoms with Gasteiger partial charge >= 0.3 is 5.97 Å². The van der Waals surface area contributed by atoms with Crippen LogP contribution in [0.2, 0.25) is 0 Å². The summed E-state index contributed by atoms with van der Waals surface area (Å²) in [6.07, 6.45) is 0.233. The molecule has 1 aromatic rings. The average Bonchev–Trinajstić information content (AvgIpc) is 2.74. The number of carbonyl (C=O) groups is 2. The van der Waals surface area contributed by atoms with Crippen LogP contribution in [-0.4, -0.2) is 25.5 Å². The molecule has 1 aliphatic rings. The maximum atomic E-state index is 12.0. The number of methoxy groups -OCH3 is 1. The van der Waals surface area contributed by atoms with Crippen LogP contribution in [0.1, 0.15) is 12.0 Å². The number of carbonyl (C=O) groups excluding carboxylic acids is 2. The number of anilines is 1. The highest BCUT2D eigenvalue weighted by molar-refractivity contribution is 14.1. The lowest BCUT2D eigenvalue weighted by Gasteiger charge is -2.19. The van der Waals surface area contributed by atoms with Crippen LogP contribution in [0.3, 0.4) is 0 Å². The van der Waals surface area contributed by atoms with Crippen molar-refractivity contribution in [3.8, 4) is 0 Å². The number of hydrogen-bond donors (Lipinski definition) is 0. The van der Waals surface area contributed by atoms with Crippen molar-refractivity contribution in [2.45, 2.75) is 13.3 Å². The van der Waals surface area contributed by atoms with Gasteiger partial charge in [-0.2, -0.15) is 0 Å². The molecule has 0 N–H and O–H groups in total. The van der Waals surface area contributed by atoms with Crippen LogP contribution in [0.15, 0.2) is 18.2 Å². The van der Waals surface area contributed by atoms with Crippen molar-refractivity contribution in [3.05, 3.63) is 27.3 Å². The summed E-state index contributed by atoms with van der Waals surface area (Å²) in [6.45, 7) is 2.41. The van der Waals surface area contributed by atoms with Crippen molar-refractivity contribution in [3.63, 3.8) is 0 Å². The molecule has 18 heavy (non-hydrogen) atoms. The number of hydrogen-bond acceptors (Lipinski definition) is 3. The highest BCUT2D eigenvalue weighted by Crippen LogP contribution is 2.31. The molecule has 1 aromatic carbocycles. The molecule has 1 aliphatic heterocycles. The minimum atomic E-state index is -0.348. The molecule has 1 unspecified atom stereocenters. The predicted octanol–water partition coefficient (Wildman–Crippen LogP) is 2.13. The van der Waals surface area contributed by atoms with Gasteiger partial charge in [-0.15, -0.1) is 0 Å². The van der Waals surface area contributed by atoms with Gasteiger partial charge in [0.1, 0.15) is 0 Å². The van der Waals surface area contributed by atoms with Crippen LogP contribution in [0.5, 0.6) is 0 Å². The van der Waals surface area contributed by atoms with Crippen LogP contribution >= 0.6 is 22.6 Å². The molecular weight excluding hydrogens is 345 g/mol. The molecule has 96 valence electrons. The third-order valence-electron chi connectivity index (χ3n) is 3.12. The lowest BCUT2D eigenvalue weighted by molar-refractivity contribution is -0.145. The van der Waals surface area contributed by atoms with E-state index in [-0.39, 0.29) is 24.2 Å². The molecule has 0 saturated carbocycles. The van der Waals surface area contributed by atoms with Crippen molar-refractivity contribution in [2.75, 3.05) is 18.6 Å². The average molecular weight is 359 g/mol. The molecule has 0 aliphatic carbocycles. The Morgan fingerprint density at radius 3 is 2.89 bits per heavy atom. The standard InChI is InChI=1S/C13H14INO3/c1-8-4-3-5-10(12(8)14)15-7-9(6-11(15)16)13(17)18-2/h3-5,9H,6-7H2,1-2H3. The van der Waals surface area contributed by atoms with E-state index in [0.29, 0.717) is 6.54 Å². The fourth-order valence-electron chi connectivity index (χ4n) is 2.11. The fraction of sp³-hybridized carbons (Fsp3) is 0.385. The van der Waals surface area contributed by atoms with Gasteiger partial charge in [-0.3, -0.25) is 9.59 Å². The van der Waals surface area contributed by atoms with Crippen molar-refractivity contribution < 1.29 is 14.3 Å². The minimum Gasteiger partial charge on any atom is -0.469 e. The summed E-state index contributed by atoms with van der Waals surface area (Å²) < 4.78 is 5.75. The first-order chi connectivity index (χ1) is 8.54. The Balaban J connectivity index is 2.27. The molecule has 0 radical (unpaired) electrons. The topological polar surface area (TPSA) is 46.6 Å². The SMILES string of the molecule is COC(=O)C1CC(=O)N(c2cccc(C)c2I)C1. The number of benzene rings is 1. The second-order valence-electron chi connectivity index (χ2n) is 4.34. The van der Waals surface area contributed by atoms with E-state index in [1.165, 1.54) is 7.11 Å². The van der Waals surface area contributed by atoms with E-state index >= 15 is 0 Å². The Morgan fingerprint density at radius 2 is 2.22 bits per heavy atom. The summed E-state index contributed by atoms with van der Waals surface area (Å²) in [6, 6.07) is 5.83. The molecular formula is C13H14INO3. The van der Waals surface area contributed by atoms with Gasteiger partial charge in [0.2, 0.25) is 5.91 Å². The quantitative estimate of drug-likeness (QED) is 0.601. The lowest BCUT2D eigenvalue weighted by Crippen LogP contribution is -2.27. The van der Waals surface area contributed by atoms with Gasteiger partial charge in [-0.1, -0.05) is 12.1 Å². The van der Waals surface area contributed by atoms with Gasteiger partial charge < -0.3 is 9.64 Å². The van der Waals surface area contributed by atoms with E-state index in [9.17, 15) is 9.59 Å². The molecule has 1 heterocycles. The molecule has 0 aromatic heterocycles. The summed E-state index contributed by atoms with van der Waals surface area (Å²) in [7, 11) is 1.35. The van der Waals surface area contributed by atoms with Crippen molar-refractivity contribution in [2.24, 2.45) is 5.92 Å². The van der Waals surface area contributed by atoms with E-state index in [4.69, 9.17) is 4.74 Å². The van der Waals surface area contributed by atoms with Gasteiger partial charge in [-0.25, -0.2) is 0 Å². The molecule has 1 atom stereocenters. The molecule has 0 spiro atoms. The Bertz CT molecular complexity index is 501. The Labute approximate surface area is 119 Å². The monoisotopic (exact) mass is 359 g/mol.